The number of hydrogen-bond donors (Lipinski definition) is 2. The zero-order valence-electron chi connectivity index (χ0n) is 16.9. The zero-order valence-corrected chi connectivity index (χ0v) is 16.9. The second-order valence-corrected chi connectivity index (χ2v) is 6.38. The number of hydrogen-bond acceptors (Lipinski definition) is 3. The Bertz CT molecular complexity index is 547. The highest BCUT2D eigenvalue weighted by molar-refractivity contribution is 5.80. The summed E-state index contributed by atoms with van der Waals surface area (Å²) in [6.07, 6.45) is 2.23. The molecule has 1 aromatic rings. The molecule has 0 aliphatic heterocycles. The summed E-state index contributed by atoms with van der Waals surface area (Å²) in [6, 6.07) is 5.27. The highest BCUT2D eigenvalue weighted by atomic mass is 19.1. The molecule has 1 rings (SSSR count). The summed E-state index contributed by atoms with van der Waals surface area (Å²) in [7, 11) is 1.46. The third-order valence-corrected chi connectivity index (χ3v) is 4.37. The lowest BCUT2D eigenvalue weighted by molar-refractivity contribution is 0.292. The molecule has 0 aromatic heterocycles. The van der Waals surface area contributed by atoms with Crippen LogP contribution in [0.2, 0.25) is 0 Å². The fourth-order valence-corrected chi connectivity index (χ4v) is 2.77. The number of benzene rings is 1. The van der Waals surface area contributed by atoms with E-state index in [1.54, 1.807) is 6.07 Å². The fraction of sp³-hybridized carbons (Fsp3) is 0.650. The van der Waals surface area contributed by atoms with Gasteiger partial charge in [-0.15, -0.1) is 0 Å². The van der Waals surface area contributed by atoms with Gasteiger partial charge in [0.05, 0.1) is 13.7 Å². The van der Waals surface area contributed by atoms with E-state index in [1.807, 2.05) is 13.0 Å². The third kappa shape index (κ3) is 8.04. The smallest absolute Gasteiger partial charge is 0.191 e. The van der Waals surface area contributed by atoms with E-state index in [0.29, 0.717) is 12.6 Å². The summed E-state index contributed by atoms with van der Waals surface area (Å²) in [5.74, 6) is 0.659. The summed E-state index contributed by atoms with van der Waals surface area (Å²) in [4.78, 5) is 7.01. The van der Waals surface area contributed by atoms with Crippen LogP contribution in [0.5, 0.6) is 5.75 Å². The summed E-state index contributed by atoms with van der Waals surface area (Å²) in [6.45, 7) is 13.1. The van der Waals surface area contributed by atoms with Gasteiger partial charge in [0.1, 0.15) is 0 Å². The molecule has 1 aromatic carbocycles. The predicted octanol–water partition coefficient (Wildman–Crippen LogP) is 3.40. The second-order valence-electron chi connectivity index (χ2n) is 6.38. The van der Waals surface area contributed by atoms with Crippen molar-refractivity contribution in [2.45, 2.75) is 53.1 Å². The molecule has 6 heteroatoms. The summed E-state index contributed by atoms with van der Waals surface area (Å²) >= 11 is 0. The van der Waals surface area contributed by atoms with Gasteiger partial charge in [-0.1, -0.05) is 19.9 Å². The van der Waals surface area contributed by atoms with Crippen LogP contribution in [0.25, 0.3) is 0 Å². The van der Waals surface area contributed by atoms with Gasteiger partial charge in [0.15, 0.2) is 17.5 Å². The summed E-state index contributed by atoms with van der Waals surface area (Å²) < 4.78 is 18.7. The second kappa shape index (κ2) is 12.5. The van der Waals surface area contributed by atoms with Crippen molar-refractivity contribution in [2.24, 2.45) is 4.99 Å². The average molecular weight is 367 g/mol. The molecule has 0 aliphatic carbocycles. The van der Waals surface area contributed by atoms with Crippen molar-refractivity contribution < 1.29 is 9.13 Å². The minimum Gasteiger partial charge on any atom is -0.494 e. The monoisotopic (exact) mass is 366 g/mol. The molecule has 0 radical (unpaired) electrons. The molecule has 1 atom stereocenters. The number of halogens is 1. The van der Waals surface area contributed by atoms with Crippen LogP contribution in [0.15, 0.2) is 23.2 Å². The molecular weight excluding hydrogens is 331 g/mol. The van der Waals surface area contributed by atoms with Gasteiger partial charge in [-0.3, -0.25) is 0 Å². The summed E-state index contributed by atoms with van der Waals surface area (Å²) in [5.41, 5.74) is 0.815. The Balaban J connectivity index is 2.55. The molecule has 1 unspecified atom stereocenters. The molecule has 0 bridgehead atoms. The molecule has 148 valence electrons. The maximum absolute atomic E-state index is 13.8. The normalized spacial score (nSPS) is 13.0. The molecule has 26 heavy (non-hydrogen) atoms. The van der Waals surface area contributed by atoms with E-state index in [4.69, 9.17) is 4.74 Å². The number of nitrogens with one attached hydrogen (secondary N) is 2. The average Bonchev–Trinajstić information content (AvgIpc) is 2.63. The van der Waals surface area contributed by atoms with Crippen LogP contribution in [0, 0.1) is 5.82 Å². The van der Waals surface area contributed by atoms with E-state index in [2.05, 4.69) is 41.3 Å². The van der Waals surface area contributed by atoms with Crippen LogP contribution in [-0.2, 0) is 6.54 Å². The van der Waals surface area contributed by atoms with Crippen molar-refractivity contribution in [2.75, 3.05) is 33.3 Å². The van der Waals surface area contributed by atoms with E-state index in [-0.39, 0.29) is 11.6 Å². The number of methoxy groups -OCH3 is 1. The van der Waals surface area contributed by atoms with Gasteiger partial charge in [-0.2, -0.15) is 0 Å². The molecule has 0 saturated heterocycles. The molecule has 0 amide bonds. The number of guanidine groups is 1. The molecule has 5 nitrogen and oxygen atoms in total. The van der Waals surface area contributed by atoms with Crippen molar-refractivity contribution in [1.82, 2.24) is 15.5 Å². The largest absolute Gasteiger partial charge is 0.494 e. The van der Waals surface area contributed by atoms with Crippen molar-refractivity contribution in [3.05, 3.63) is 29.6 Å². The van der Waals surface area contributed by atoms with Gasteiger partial charge in [0.2, 0.25) is 0 Å². The van der Waals surface area contributed by atoms with Crippen LogP contribution >= 0.6 is 0 Å². The summed E-state index contributed by atoms with van der Waals surface area (Å²) in [5, 5.41) is 6.69. The van der Waals surface area contributed by atoms with Crippen LogP contribution in [-0.4, -0.2) is 50.2 Å². The number of nitrogens with zero attached hydrogens (tertiary/aromatic N) is 2. The Labute approximate surface area is 158 Å². The molecule has 0 heterocycles. The van der Waals surface area contributed by atoms with E-state index in [1.165, 1.54) is 13.2 Å². The van der Waals surface area contributed by atoms with Gasteiger partial charge < -0.3 is 20.3 Å². The van der Waals surface area contributed by atoms with E-state index in [0.717, 1.165) is 50.5 Å². The lowest BCUT2D eigenvalue weighted by Gasteiger charge is -2.21. The van der Waals surface area contributed by atoms with E-state index < -0.39 is 0 Å². The molecule has 0 aliphatic rings. The fourth-order valence-electron chi connectivity index (χ4n) is 2.77. The highest BCUT2D eigenvalue weighted by Crippen LogP contribution is 2.18. The number of aliphatic imine (C=N–C) groups is 1. The first-order valence-electron chi connectivity index (χ1n) is 9.63. The molecule has 0 saturated carbocycles. The Morgan fingerprint density at radius 1 is 1.27 bits per heavy atom. The van der Waals surface area contributed by atoms with Gasteiger partial charge in [0.25, 0.3) is 0 Å². The molecule has 0 fully saturated rings. The van der Waals surface area contributed by atoms with Gasteiger partial charge in [-0.05, 0) is 64.0 Å². The number of ether oxygens (including phenoxy) is 1. The first-order valence-corrected chi connectivity index (χ1v) is 9.63. The van der Waals surface area contributed by atoms with Crippen LogP contribution in [0.3, 0.4) is 0 Å². The minimum atomic E-state index is -0.358. The maximum atomic E-state index is 13.8. The van der Waals surface area contributed by atoms with Gasteiger partial charge in [0, 0.05) is 12.6 Å². The van der Waals surface area contributed by atoms with Gasteiger partial charge >= 0.3 is 0 Å². The first kappa shape index (κ1) is 22.2. The number of rotatable bonds is 11. The van der Waals surface area contributed by atoms with Crippen molar-refractivity contribution >= 4 is 5.96 Å². The topological polar surface area (TPSA) is 48.9 Å². The van der Waals surface area contributed by atoms with Crippen molar-refractivity contribution in [3.63, 3.8) is 0 Å². The zero-order chi connectivity index (χ0) is 19.4. The Hall–Kier alpha value is -1.82. The van der Waals surface area contributed by atoms with Crippen molar-refractivity contribution in [3.8, 4) is 5.75 Å². The predicted molar refractivity (Wildman–Crippen MR) is 107 cm³/mol. The maximum Gasteiger partial charge on any atom is 0.191 e. The Morgan fingerprint density at radius 2 is 2.00 bits per heavy atom. The van der Waals surface area contributed by atoms with E-state index >= 15 is 0 Å². The van der Waals surface area contributed by atoms with Crippen molar-refractivity contribution in [1.29, 1.82) is 0 Å². The van der Waals surface area contributed by atoms with Crippen LogP contribution < -0.4 is 15.4 Å². The van der Waals surface area contributed by atoms with E-state index in [9.17, 15) is 4.39 Å². The minimum absolute atomic E-state index is 0.254. The SMILES string of the molecule is CCNC(=NCc1ccc(OC)c(F)c1)NC(C)CCCN(CC)CC. The lowest BCUT2D eigenvalue weighted by atomic mass is 10.2. The third-order valence-electron chi connectivity index (χ3n) is 4.37. The lowest BCUT2D eigenvalue weighted by Crippen LogP contribution is -2.42. The Kier molecular flexibility index (Phi) is 10.7. The standard InChI is InChI=1S/C20H35FN4O/c1-6-22-20(24-16(4)10-9-13-25(7-2)8-3)23-15-17-11-12-19(26-5)18(21)14-17/h11-12,14,16H,6-10,13,15H2,1-5H3,(H2,22,23,24). The Morgan fingerprint density at radius 3 is 2.58 bits per heavy atom. The van der Waals surface area contributed by atoms with Crippen LogP contribution in [0.1, 0.15) is 46.1 Å². The quantitative estimate of drug-likeness (QED) is 0.465. The molecular formula is C20H35FN4O. The first-order chi connectivity index (χ1) is 12.5. The highest BCUT2D eigenvalue weighted by Gasteiger charge is 2.07. The molecule has 2 N–H and O–H groups in total. The molecule has 0 spiro atoms. The van der Waals surface area contributed by atoms with Gasteiger partial charge in [-0.25, -0.2) is 9.38 Å². The van der Waals surface area contributed by atoms with Crippen LogP contribution in [0.4, 0.5) is 4.39 Å².